The zero-order chi connectivity index (χ0) is 57.0. The van der Waals surface area contributed by atoms with Gasteiger partial charge >= 0.3 is 0 Å². The summed E-state index contributed by atoms with van der Waals surface area (Å²) in [5.41, 5.74) is 13.0. The zero-order valence-electron chi connectivity index (χ0n) is 48.4. The molecule has 4 rings (SSSR count). The molecule has 1 saturated carbocycles. The van der Waals surface area contributed by atoms with Crippen LogP contribution in [0, 0.1) is 5.92 Å². The number of hydrogen-bond acceptors (Lipinski definition) is 14. The molecule has 1 fully saturated rings. The van der Waals surface area contributed by atoms with Crippen molar-refractivity contribution in [1.29, 1.82) is 0 Å². The Morgan fingerprint density at radius 1 is 0.582 bits per heavy atom. The number of nitrogens with one attached hydrogen (secondary N) is 6. The van der Waals surface area contributed by atoms with Gasteiger partial charge in [-0.2, -0.15) is 0 Å². The summed E-state index contributed by atoms with van der Waals surface area (Å²) in [6.45, 7) is 23.6. The van der Waals surface area contributed by atoms with Crippen molar-refractivity contribution < 1.29 is 33.9 Å². The van der Waals surface area contributed by atoms with E-state index < -0.39 is 22.2 Å². The second-order valence-electron chi connectivity index (χ2n) is 20.7. The number of carbonyl (C=O) groups is 6. The van der Waals surface area contributed by atoms with E-state index in [1.165, 1.54) is 29.2 Å². The number of rotatable bonds is 23. The summed E-state index contributed by atoms with van der Waals surface area (Å²) in [6.07, 6.45) is 9.20. The van der Waals surface area contributed by atoms with Crippen LogP contribution in [-0.4, -0.2) is 134 Å². The molecule has 2 aliphatic rings. The fourth-order valence-electron chi connectivity index (χ4n) is 7.31. The van der Waals surface area contributed by atoms with Crippen LogP contribution in [0.5, 0.6) is 0 Å². The van der Waals surface area contributed by atoms with Crippen molar-refractivity contribution in [3.63, 3.8) is 0 Å². The molecule has 2 aliphatic carbocycles. The van der Waals surface area contributed by atoms with Gasteiger partial charge < -0.3 is 48.5 Å². The smallest absolute Gasteiger partial charge is 0.185 e. The van der Waals surface area contributed by atoms with Gasteiger partial charge in [-0.15, -0.1) is 0 Å². The molecule has 0 aromatic heterocycles. The van der Waals surface area contributed by atoms with Gasteiger partial charge in [-0.25, -0.2) is 0 Å². The van der Waals surface area contributed by atoms with Gasteiger partial charge in [0.25, 0.3) is 0 Å². The minimum atomic E-state index is -0.750. The van der Waals surface area contributed by atoms with E-state index in [4.69, 9.17) is 16.6 Å². The van der Waals surface area contributed by atoms with Gasteiger partial charge in [0.05, 0.1) is 39.8 Å². The van der Waals surface area contributed by atoms with Crippen LogP contribution in [0.3, 0.4) is 0 Å². The molecule has 0 heterocycles. The lowest BCUT2D eigenvalue weighted by Gasteiger charge is -2.27. The lowest BCUT2D eigenvalue weighted by molar-refractivity contribution is -0.124. The van der Waals surface area contributed by atoms with Gasteiger partial charge in [0.15, 0.2) is 11.7 Å². The molecule has 0 amide bonds. The highest BCUT2D eigenvalue weighted by atomic mass is 16.3. The minimum Gasteiger partial charge on any atom is -0.394 e. The average molecular weight is 1120 g/mol. The average Bonchev–Trinajstić information content (AvgIpc) is 4.07. The molecule has 0 unspecified atom stereocenters. The first-order chi connectivity index (χ1) is 33.8. The Kier molecular flexibility index (Phi) is 49.4. The van der Waals surface area contributed by atoms with E-state index in [2.05, 4.69) is 81.1 Å². The molecule has 16 heteroatoms. The molecule has 16 nitrogen and oxygen atoms in total. The van der Waals surface area contributed by atoms with Crippen molar-refractivity contribution in [2.45, 2.75) is 219 Å². The third-order valence-electron chi connectivity index (χ3n) is 14.7. The first kappa shape index (κ1) is 90.7. The van der Waals surface area contributed by atoms with Crippen LogP contribution in [0.25, 0.3) is 5.57 Å². The summed E-state index contributed by atoms with van der Waals surface area (Å²) in [6, 6.07) is 18.5. The number of likely N-dealkylation sites (N-methyl/N-ethyl adjacent to an activating group) is 6. The largest absolute Gasteiger partial charge is 0.394 e. The standard InChI is InChI=1S/C15H19NO.C12H17NO.C9H20N4O.C9H19NO.C6H13NO2.C6H11NO.6CH4/c1-11(17)15(2,16-3)10-13-9-8-12-6-4-5-7-14(12)13;1-10(14)12(2,13-3)9-11-7-5-4-6-8-11;1-7(14)9(2,12-3)5-4-6-13-8(10)11;1-7(2)6-9(4,10-5)8(3)11;1-5(9)6(2,4-8)7-3;1-5(8)6(7-2)3-4-6;;;;;;/h4-7,9,16H,8,10H2,1-3H3;4-8,13H,9H2,1-3H3;12H,4-6H2,1-3H3,(H4,10,11,13);7,10H,6H2,1-5H3;7-8H,4H2,1-3H3;7H,3-4H2,1-2H3;6*1H4/t15-;12-;2*9-;6-;;;;;;;/m00000......./s1. The number of aliphatic hydroxyl groups is 1. The molecular weight excluding hydrogens is 995 g/mol. The number of hydrogen-bond donors (Lipinski definition) is 9. The van der Waals surface area contributed by atoms with Crippen LogP contribution in [-0.2, 0) is 41.6 Å². The number of benzene rings is 2. The van der Waals surface area contributed by atoms with Crippen molar-refractivity contribution >= 4 is 46.2 Å². The quantitative estimate of drug-likeness (QED) is 0.0285. The van der Waals surface area contributed by atoms with Crippen LogP contribution < -0.4 is 43.4 Å². The van der Waals surface area contributed by atoms with Crippen molar-refractivity contribution in [3.05, 3.63) is 77.4 Å². The SMILES string of the molecule is C.C.C.C.C.C.CNC1(C(C)=O)CC1.CN[C@@](C)(CC(C)C)C(C)=O.CN[C@@](C)(CC1=CCc2ccccc21)C(C)=O.CN[C@@](C)(CCCN=C(N)N)C(C)=O.CN[C@@](C)(CO)C(C)=O.CN[C@@](C)(Cc1ccccc1)C(C)=O. The molecule has 0 radical (unpaired) electrons. The van der Waals surface area contributed by atoms with Crippen molar-refractivity contribution in [2.24, 2.45) is 22.4 Å². The summed E-state index contributed by atoms with van der Waals surface area (Å²) in [5.74, 6) is 1.58. The second kappa shape index (κ2) is 43.0. The molecule has 0 spiro atoms. The number of ketones is 6. The fraction of sp³-hybridized carbons (Fsp3) is 0.667. The molecule has 0 aliphatic heterocycles. The Labute approximate surface area is 484 Å². The van der Waals surface area contributed by atoms with E-state index in [9.17, 15) is 28.8 Å². The van der Waals surface area contributed by atoms with Crippen LogP contribution in [0.15, 0.2) is 65.7 Å². The number of aliphatic imine (C=N–C) groups is 1. The molecule has 5 atom stereocenters. The van der Waals surface area contributed by atoms with Gasteiger partial charge in [-0.05, 0) is 198 Å². The zero-order valence-corrected chi connectivity index (χ0v) is 48.4. The third-order valence-corrected chi connectivity index (χ3v) is 14.7. The molecular formula is C63H123N9O7. The summed E-state index contributed by atoms with van der Waals surface area (Å²) < 4.78 is 0. The van der Waals surface area contributed by atoms with Gasteiger partial charge in [-0.1, -0.05) is 119 Å². The predicted octanol–water partition coefficient (Wildman–Crippen LogP) is 9.28. The number of guanidine groups is 1. The predicted molar refractivity (Wildman–Crippen MR) is 342 cm³/mol. The van der Waals surface area contributed by atoms with E-state index >= 15 is 0 Å². The first-order valence-corrected chi connectivity index (χ1v) is 25.4. The lowest BCUT2D eigenvalue weighted by atomic mass is 9.87. The Hall–Kier alpha value is -4.81. The van der Waals surface area contributed by atoms with E-state index in [1.54, 1.807) is 55.6 Å². The van der Waals surface area contributed by atoms with Crippen molar-refractivity contribution in [2.75, 3.05) is 55.4 Å². The van der Waals surface area contributed by atoms with E-state index in [0.717, 1.165) is 51.4 Å². The summed E-state index contributed by atoms with van der Waals surface area (Å²) in [5, 5.41) is 26.7. The molecule has 0 bridgehead atoms. The molecule has 2 aromatic rings. The Morgan fingerprint density at radius 2 is 0.975 bits per heavy atom. The number of carbonyl (C=O) groups excluding carboxylic acids is 6. The molecule has 462 valence electrons. The highest BCUT2D eigenvalue weighted by molar-refractivity contribution is 5.90. The fourth-order valence-corrected chi connectivity index (χ4v) is 7.31. The van der Waals surface area contributed by atoms with Crippen LogP contribution in [0.4, 0.5) is 0 Å². The second-order valence-corrected chi connectivity index (χ2v) is 20.7. The topological polar surface area (TPSA) is 259 Å². The van der Waals surface area contributed by atoms with Crippen LogP contribution in [0.2, 0.25) is 0 Å². The van der Waals surface area contributed by atoms with Crippen molar-refractivity contribution in [1.82, 2.24) is 31.9 Å². The van der Waals surface area contributed by atoms with Crippen LogP contribution in [0.1, 0.15) is 190 Å². The van der Waals surface area contributed by atoms with Gasteiger partial charge in [0, 0.05) is 6.54 Å². The number of aliphatic hydroxyl groups excluding tert-OH is 1. The maximum Gasteiger partial charge on any atom is 0.185 e. The van der Waals surface area contributed by atoms with E-state index in [-0.39, 0.29) is 103 Å². The summed E-state index contributed by atoms with van der Waals surface area (Å²) >= 11 is 0. The Morgan fingerprint density at radius 3 is 1.27 bits per heavy atom. The van der Waals surface area contributed by atoms with Crippen LogP contribution >= 0.6 is 0 Å². The normalized spacial score (nSPS) is 15.4. The molecule has 0 saturated heterocycles. The maximum atomic E-state index is 11.7. The van der Waals surface area contributed by atoms with Gasteiger partial charge in [0.1, 0.15) is 28.9 Å². The summed E-state index contributed by atoms with van der Waals surface area (Å²) in [4.78, 5) is 70.8. The highest BCUT2D eigenvalue weighted by Gasteiger charge is 2.45. The first-order valence-electron chi connectivity index (χ1n) is 25.4. The minimum absolute atomic E-state index is 0. The Balaban J connectivity index is -0.000000128. The van der Waals surface area contributed by atoms with Crippen molar-refractivity contribution in [3.8, 4) is 0 Å². The monoisotopic (exact) mass is 1120 g/mol. The molecule has 11 N–H and O–H groups in total. The Bertz CT molecular complexity index is 2100. The summed E-state index contributed by atoms with van der Waals surface area (Å²) in [7, 11) is 10.8. The number of allylic oxidation sites excluding steroid dienone is 1. The number of fused-ring (bicyclic) bond motifs is 1. The third kappa shape index (κ3) is 31.7. The maximum absolute atomic E-state index is 11.7. The number of nitrogens with zero attached hydrogens (tertiary/aromatic N) is 1. The molecule has 2 aromatic carbocycles. The number of Topliss-reactive ketones (excluding diaryl/α,β-unsaturated/α-hetero) is 6. The molecule has 79 heavy (non-hydrogen) atoms. The van der Waals surface area contributed by atoms with Gasteiger partial charge in [-0.3, -0.25) is 33.8 Å². The lowest BCUT2D eigenvalue weighted by Crippen LogP contribution is -2.49. The van der Waals surface area contributed by atoms with E-state index in [1.807, 2.05) is 86.2 Å². The van der Waals surface area contributed by atoms with Gasteiger partial charge in [0.2, 0.25) is 0 Å². The highest BCUT2D eigenvalue weighted by Crippen LogP contribution is 2.35. The van der Waals surface area contributed by atoms with E-state index in [0.29, 0.717) is 12.5 Å². The number of nitrogens with two attached hydrogens (primary N) is 2.